The van der Waals surface area contributed by atoms with E-state index < -0.39 is 0 Å². The number of amides is 1. The van der Waals surface area contributed by atoms with Crippen LogP contribution in [-0.4, -0.2) is 16.1 Å². The second kappa shape index (κ2) is 9.78. The van der Waals surface area contributed by atoms with E-state index in [1.54, 1.807) is 18.7 Å². The molecule has 2 aromatic carbocycles. The molecule has 0 spiro atoms. The maximum Gasteiger partial charge on any atom is 0.217 e. The molecule has 0 aliphatic carbocycles. The van der Waals surface area contributed by atoms with Crippen LogP contribution in [0, 0.1) is 13.8 Å². The van der Waals surface area contributed by atoms with Crippen molar-refractivity contribution in [3.8, 4) is 11.5 Å². The van der Waals surface area contributed by atoms with Gasteiger partial charge in [0, 0.05) is 27.3 Å². The molecule has 5 heteroatoms. The van der Waals surface area contributed by atoms with E-state index in [-0.39, 0.29) is 16.7 Å². The van der Waals surface area contributed by atoms with Gasteiger partial charge in [0.1, 0.15) is 11.5 Å². The molecule has 0 fully saturated rings. The van der Waals surface area contributed by atoms with Crippen molar-refractivity contribution in [2.75, 3.05) is 0 Å². The largest absolute Gasteiger partial charge is 0.508 e. The topological polar surface area (TPSA) is 83.6 Å². The predicted octanol–water partition coefficient (Wildman–Crippen LogP) is 6.34. The summed E-state index contributed by atoms with van der Waals surface area (Å²) < 4.78 is 0. The van der Waals surface area contributed by atoms with Crippen molar-refractivity contribution in [1.82, 2.24) is 0 Å². The van der Waals surface area contributed by atoms with Crippen LogP contribution >= 0.6 is 11.8 Å². The van der Waals surface area contributed by atoms with Crippen LogP contribution in [0.2, 0.25) is 0 Å². The standard InChI is InChI=1S/C22H30O2S.C3H7NO/c1-13-9-17(23)15(21(3,4)5)11-19(13)25-20-12-16(22(6,7)8)18(24)10-14(20)2;1-2-3(4)5/h9-12,23-24H,1-8H3;2H2,1H3,(H2,4,5). The highest BCUT2D eigenvalue weighted by Crippen LogP contribution is 2.42. The predicted molar refractivity (Wildman–Crippen MR) is 127 cm³/mol. The summed E-state index contributed by atoms with van der Waals surface area (Å²) in [4.78, 5) is 11.9. The van der Waals surface area contributed by atoms with Gasteiger partial charge < -0.3 is 15.9 Å². The Balaban J connectivity index is 0.000000804. The molecule has 2 rings (SSSR count). The summed E-state index contributed by atoms with van der Waals surface area (Å²) in [5.74, 6) is 0.462. The zero-order chi connectivity index (χ0) is 23.4. The maximum atomic E-state index is 10.3. The van der Waals surface area contributed by atoms with Crippen LogP contribution in [0.4, 0.5) is 0 Å². The highest BCUT2D eigenvalue weighted by atomic mass is 32.2. The molecule has 0 aliphatic heterocycles. The number of hydrogen-bond donors (Lipinski definition) is 3. The minimum atomic E-state index is -0.245. The lowest BCUT2D eigenvalue weighted by Crippen LogP contribution is -2.12. The van der Waals surface area contributed by atoms with Crippen LogP contribution in [0.5, 0.6) is 11.5 Å². The molecule has 0 heterocycles. The molecule has 166 valence electrons. The van der Waals surface area contributed by atoms with Gasteiger partial charge in [-0.1, -0.05) is 60.2 Å². The van der Waals surface area contributed by atoms with E-state index in [1.807, 2.05) is 26.0 Å². The fraction of sp³-hybridized carbons (Fsp3) is 0.480. The first-order chi connectivity index (χ1) is 13.6. The fourth-order valence-electron chi connectivity index (χ4n) is 2.89. The molecule has 2 aromatic rings. The Bertz CT molecular complexity index is 839. The summed E-state index contributed by atoms with van der Waals surface area (Å²) in [5, 5.41) is 20.6. The monoisotopic (exact) mass is 431 g/mol. The van der Waals surface area contributed by atoms with Crippen LogP contribution in [0.15, 0.2) is 34.1 Å². The van der Waals surface area contributed by atoms with Gasteiger partial charge in [0.2, 0.25) is 5.91 Å². The van der Waals surface area contributed by atoms with Gasteiger partial charge in [0.05, 0.1) is 0 Å². The first-order valence-corrected chi connectivity index (χ1v) is 11.0. The molecule has 0 atom stereocenters. The number of primary amides is 1. The molecule has 1 amide bonds. The lowest BCUT2D eigenvalue weighted by Gasteiger charge is -2.24. The van der Waals surface area contributed by atoms with Gasteiger partial charge in [-0.15, -0.1) is 0 Å². The number of carbonyl (C=O) groups excluding carboxylic acids is 1. The molecule has 0 aliphatic rings. The SMILES string of the molecule is CCC(N)=O.Cc1cc(O)c(C(C)(C)C)cc1Sc1cc(C(C)(C)C)c(O)cc1C. The van der Waals surface area contributed by atoms with Crippen LogP contribution in [-0.2, 0) is 15.6 Å². The number of rotatable bonds is 3. The normalized spacial score (nSPS) is 11.6. The van der Waals surface area contributed by atoms with Crippen molar-refractivity contribution >= 4 is 17.7 Å². The molecule has 30 heavy (non-hydrogen) atoms. The average molecular weight is 432 g/mol. The summed E-state index contributed by atoms with van der Waals surface area (Å²) in [6, 6.07) is 7.89. The van der Waals surface area contributed by atoms with Crippen molar-refractivity contribution in [2.45, 2.75) is 89.4 Å². The Hall–Kier alpha value is -2.14. The van der Waals surface area contributed by atoms with Crippen LogP contribution < -0.4 is 5.73 Å². The lowest BCUT2D eigenvalue weighted by molar-refractivity contribution is -0.117. The number of phenols is 2. The number of aryl methyl sites for hydroxylation is 2. The molecule has 0 saturated carbocycles. The summed E-state index contributed by atoms with van der Waals surface area (Å²) in [6.45, 7) is 18.4. The van der Waals surface area contributed by atoms with Crippen molar-refractivity contribution in [3.63, 3.8) is 0 Å². The van der Waals surface area contributed by atoms with Gasteiger partial charge in [-0.3, -0.25) is 4.79 Å². The van der Waals surface area contributed by atoms with E-state index in [0.717, 1.165) is 32.0 Å². The molecule has 0 bridgehead atoms. The first-order valence-electron chi connectivity index (χ1n) is 10.2. The quantitative estimate of drug-likeness (QED) is 0.529. The molecule has 4 N–H and O–H groups in total. The van der Waals surface area contributed by atoms with Gasteiger partial charge in [-0.25, -0.2) is 0 Å². The van der Waals surface area contributed by atoms with Gasteiger partial charge >= 0.3 is 0 Å². The highest BCUT2D eigenvalue weighted by Gasteiger charge is 2.22. The summed E-state index contributed by atoms with van der Waals surface area (Å²) in [6.07, 6.45) is 0.444. The van der Waals surface area contributed by atoms with Crippen molar-refractivity contribution < 1.29 is 15.0 Å². The average Bonchev–Trinajstić information content (AvgIpc) is 2.57. The zero-order valence-corrected chi connectivity index (χ0v) is 20.6. The van der Waals surface area contributed by atoms with E-state index in [0.29, 0.717) is 17.9 Å². The Labute approximate surface area is 185 Å². The van der Waals surface area contributed by atoms with Crippen molar-refractivity contribution in [3.05, 3.63) is 46.5 Å². The second-order valence-corrected chi connectivity index (χ2v) is 10.8. The van der Waals surface area contributed by atoms with Gasteiger partial charge in [0.25, 0.3) is 0 Å². The minimum absolute atomic E-state index is 0.117. The number of nitrogens with two attached hydrogens (primary N) is 1. The van der Waals surface area contributed by atoms with Crippen molar-refractivity contribution in [1.29, 1.82) is 0 Å². The number of hydrogen-bond acceptors (Lipinski definition) is 4. The van der Waals surface area contributed by atoms with Gasteiger partial charge in [-0.2, -0.15) is 0 Å². The van der Waals surface area contributed by atoms with E-state index >= 15 is 0 Å². The van der Waals surface area contributed by atoms with E-state index in [2.05, 4.69) is 59.4 Å². The maximum absolute atomic E-state index is 10.3. The van der Waals surface area contributed by atoms with Gasteiger partial charge in [-0.05, 0) is 60.1 Å². The van der Waals surface area contributed by atoms with Crippen LogP contribution in [0.25, 0.3) is 0 Å². The first kappa shape index (κ1) is 25.9. The Morgan fingerprint density at radius 3 is 1.37 bits per heavy atom. The number of phenolic OH excluding ortho intramolecular Hbond substituents is 2. The zero-order valence-electron chi connectivity index (χ0n) is 19.8. The summed E-state index contributed by atoms with van der Waals surface area (Å²) in [5.41, 5.74) is 8.43. The molecule has 0 unspecified atom stereocenters. The number of benzene rings is 2. The Morgan fingerprint density at radius 1 is 0.833 bits per heavy atom. The molecule has 0 aromatic heterocycles. The summed E-state index contributed by atoms with van der Waals surface area (Å²) >= 11 is 1.70. The molecule has 0 radical (unpaired) electrons. The molecule has 4 nitrogen and oxygen atoms in total. The van der Waals surface area contributed by atoms with E-state index in [9.17, 15) is 15.0 Å². The van der Waals surface area contributed by atoms with Crippen LogP contribution in [0.3, 0.4) is 0 Å². The van der Waals surface area contributed by atoms with Crippen LogP contribution in [0.1, 0.15) is 77.1 Å². The fourth-order valence-corrected chi connectivity index (χ4v) is 3.92. The molecular formula is C25H37NO3S. The minimum Gasteiger partial charge on any atom is -0.508 e. The Morgan fingerprint density at radius 2 is 1.13 bits per heavy atom. The lowest BCUT2D eigenvalue weighted by atomic mass is 9.86. The Kier molecular flexibility index (Phi) is 8.44. The van der Waals surface area contributed by atoms with Gasteiger partial charge in [0.15, 0.2) is 0 Å². The summed E-state index contributed by atoms with van der Waals surface area (Å²) in [7, 11) is 0. The number of carbonyl (C=O) groups is 1. The molecule has 0 saturated heterocycles. The highest BCUT2D eigenvalue weighted by molar-refractivity contribution is 7.99. The second-order valence-electron chi connectivity index (χ2n) is 9.69. The smallest absolute Gasteiger partial charge is 0.217 e. The third-order valence-corrected chi connectivity index (χ3v) is 6.09. The van der Waals surface area contributed by atoms with Crippen molar-refractivity contribution in [2.24, 2.45) is 5.73 Å². The third-order valence-electron chi connectivity index (χ3n) is 4.77. The van der Waals surface area contributed by atoms with E-state index in [4.69, 9.17) is 0 Å². The number of aromatic hydroxyl groups is 2. The van der Waals surface area contributed by atoms with E-state index in [1.165, 1.54) is 0 Å². The third kappa shape index (κ3) is 6.98. The molecular weight excluding hydrogens is 394 g/mol.